The Balaban J connectivity index is 1.74. The second kappa shape index (κ2) is 13.7. The molecule has 0 aromatic heterocycles. The quantitative estimate of drug-likeness (QED) is 0.343. The van der Waals surface area contributed by atoms with E-state index in [9.17, 15) is 18.0 Å². The lowest BCUT2D eigenvalue weighted by Crippen LogP contribution is -2.54. The van der Waals surface area contributed by atoms with Gasteiger partial charge in [-0.2, -0.15) is 0 Å². The molecule has 0 heterocycles. The highest BCUT2D eigenvalue weighted by atomic mass is 32.2. The number of carbonyl (C=O) groups is 2. The summed E-state index contributed by atoms with van der Waals surface area (Å²) in [7, 11) is -2.42. The molecule has 1 N–H and O–H groups in total. The van der Waals surface area contributed by atoms with Crippen molar-refractivity contribution in [2.24, 2.45) is 0 Å². The second-order valence-corrected chi connectivity index (χ2v) is 12.6. The van der Waals surface area contributed by atoms with E-state index in [2.05, 4.69) is 5.32 Å². The van der Waals surface area contributed by atoms with E-state index in [0.717, 1.165) is 52.9 Å². The van der Waals surface area contributed by atoms with Crippen molar-refractivity contribution in [1.29, 1.82) is 0 Å². The first-order valence-corrected chi connectivity index (χ1v) is 15.8. The van der Waals surface area contributed by atoms with Gasteiger partial charge in [0.15, 0.2) is 0 Å². The van der Waals surface area contributed by atoms with Crippen LogP contribution in [0.4, 0.5) is 5.69 Å². The molecule has 0 spiro atoms. The maximum absolute atomic E-state index is 14.2. The zero-order valence-electron chi connectivity index (χ0n) is 24.0. The number of aryl methyl sites for hydroxylation is 1. The minimum Gasteiger partial charge on any atom is -0.495 e. The maximum atomic E-state index is 14.2. The van der Waals surface area contributed by atoms with Crippen molar-refractivity contribution < 1.29 is 22.7 Å². The Kier molecular flexibility index (Phi) is 10.0. The fourth-order valence-corrected chi connectivity index (χ4v) is 6.21. The maximum Gasteiger partial charge on any atom is 0.244 e. The molecule has 0 saturated heterocycles. The number of para-hydroxylation sites is 2. The standard InChI is InChI=1S/C32H39N3O5S/c1-24-12-11-15-26(20-24)22-34(31(36)23-35(41(3,38)39)28-18-9-10-19-30(28)40-2)29(21-25-13-5-4-6-14-25)32(37)33-27-16-7-8-17-27/h4-6,9-15,18-20,27,29H,7-8,16-17,21-23H2,1-3H3,(H,33,37)/t29-/m1/s1. The summed E-state index contributed by atoms with van der Waals surface area (Å²) in [6.07, 6.45) is 5.29. The van der Waals surface area contributed by atoms with Crippen LogP contribution >= 0.6 is 0 Å². The molecule has 0 bridgehead atoms. The molecule has 4 rings (SSSR count). The molecule has 1 aliphatic rings. The lowest BCUT2D eigenvalue weighted by molar-refractivity contribution is -0.140. The lowest BCUT2D eigenvalue weighted by Gasteiger charge is -2.34. The fourth-order valence-electron chi connectivity index (χ4n) is 5.36. The van der Waals surface area contributed by atoms with Crippen LogP contribution in [-0.4, -0.2) is 57.1 Å². The molecule has 1 atom stereocenters. The number of anilines is 1. The number of hydrogen-bond donors (Lipinski definition) is 1. The molecule has 1 fully saturated rings. The molecule has 2 amide bonds. The summed E-state index contributed by atoms with van der Waals surface area (Å²) < 4.78 is 32.5. The first kappa shape index (κ1) is 30.1. The average molecular weight is 578 g/mol. The SMILES string of the molecule is COc1ccccc1N(CC(=O)N(Cc1cccc(C)c1)[C@H](Cc1ccccc1)C(=O)NC1CCCC1)S(C)(=O)=O. The van der Waals surface area contributed by atoms with Crippen LogP contribution in [0.25, 0.3) is 0 Å². The predicted octanol–water partition coefficient (Wildman–Crippen LogP) is 4.47. The number of nitrogens with zero attached hydrogens (tertiary/aromatic N) is 2. The van der Waals surface area contributed by atoms with E-state index in [1.165, 1.54) is 12.0 Å². The Bertz CT molecular complexity index is 1440. The van der Waals surface area contributed by atoms with Gasteiger partial charge in [0.2, 0.25) is 21.8 Å². The summed E-state index contributed by atoms with van der Waals surface area (Å²) in [5.41, 5.74) is 3.05. The van der Waals surface area contributed by atoms with Crippen molar-refractivity contribution in [3.8, 4) is 5.75 Å². The lowest BCUT2D eigenvalue weighted by atomic mass is 10.0. The third kappa shape index (κ3) is 8.10. The molecular weight excluding hydrogens is 538 g/mol. The average Bonchev–Trinajstić information content (AvgIpc) is 3.46. The number of carbonyl (C=O) groups excluding carboxylic acids is 2. The van der Waals surface area contributed by atoms with Crippen LogP contribution in [0.3, 0.4) is 0 Å². The number of sulfonamides is 1. The van der Waals surface area contributed by atoms with Crippen LogP contribution in [0.5, 0.6) is 5.75 Å². The summed E-state index contributed by atoms with van der Waals surface area (Å²) in [6, 6.07) is 23.3. The van der Waals surface area contributed by atoms with E-state index in [4.69, 9.17) is 4.74 Å². The van der Waals surface area contributed by atoms with Crippen molar-refractivity contribution >= 4 is 27.5 Å². The van der Waals surface area contributed by atoms with E-state index in [1.54, 1.807) is 24.3 Å². The van der Waals surface area contributed by atoms with E-state index in [-0.39, 0.29) is 24.2 Å². The zero-order valence-corrected chi connectivity index (χ0v) is 24.8. The van der Waals surface area contributed by atoms with Gasteiger partial charge in [0.05, 0.1) is 19.1 Å². The second-order valence-electron chi connectivity index (χ2n) is 10.6. The molecule has 1 aliphatic carbocycles. The first-order valence-electron chi connectivity index (χ1n) is 14.0. The van der Waals surface area contributed by atoms with E-state index < -0.39 is 28.5 Å². The van der Waals surface area contributed by atoms with Crippen LogP contribution in [0.15, 0.2) is 78.9 Å². The highest BCUT2D eigenvalue weighted by molar-refractivity contribution is 7.92. The Morgan fingerprint density at radius 3 is 2.27 bits per heavy atom. The number of methoxy groups -OCH3 is 1. The van der Waals surface area contributed by atoms with E-state index in [0.29, 0.717) is 12.2 Å². The van der Waals surface area contributed by atoms with Gasteiger partial charge in [-0.1, -0.05) is 85.1 Å². The minimum absolute atomic E-state index is 0.0674. The van der Waals surface area contributed by atoms with Crippen molar-refractivity contribution in [1.82, 2.24) is 10.2 Å². The zero-order chi connectivity index (χ0) is 29.4. The molecule has 9 heteroatoms. The minimum atomic E-state index is -3.88. The van der Waals surface area contributed by atoms with Crippen molar-refractivity contribution in [3.63, 3.8) is 0 Å². The van der Waals surface area contributed by atoms with Gasteiger partial charge in [0.1, 0.15) is 18.3 Å². The van der Waals surface area contributed by atoms with E-state index >= 15 is 0 Å². The molecule has 0 radical (unpaired) electrons. The van der Waals surface area contributed by atoms with Crippen LogP contribution in [0, 0.1) is 6.92 Å². The van der Waals surface area contributed by atoms with Crippen LogP contribution in [0.1, 0.15) is 42.4 Å². The van der Waals surface area contributed by atoms with Gasteiger partial charge < -0.3 is 15.0 Å². The summed E-state index contributed by atoms with van der Waals surface area (Å²) in [5, 5.41) is 3.18. The van der Waals surface area contributed by atoms with Gasteiger partial charge in [-0.25, -0.2) is 8.42 Å². The monoisotopic (exact) mass is 577 g/mol. The number of ether oxygens (including phenoxy) is 1. The van der Waals surface area contributed by atoms with Crippen molar-refractivity contribution in [3.05, 3.63) is 95.6 Å². The Morgan fingerprint density at radius 1 is 0.951 bits per heavy atom. The van der Waals surface area contributed by atoms with Crippen LogP contribution < -0.4 is 14.4 Å². The number of benzene rings is 3. The summed E-state index contributed by atoms with van der Waals surface area (Å²) in [5.74, 6) is -0.383. The van der Waals surface area contributed by atoms with Crippen molar-refractivity contribution in [2.45, 2.75) is 57.7 Å². The summed E-state index contributed by atoms with van der Waals surface area (Å²) in [4.78, 5) is 29.7. The smallest absolute Gasteiger partial charge is 0.244 e. The highest BCUT2D eigenvalue weighted by Crippen LogP contribution is 2.30. The summed E-state index contributed by atoms with van der Waals surface area (Å²) >= 11 is 0. The van der Waals surface area contributed by atoms with Gasteiger partial charge >= 0.3 is 0 Å². The van der Waals surface area contributed by atoms with Crippen LogP contribution in [-0.2, 0) is 32.6 Å². The molecule has 3 aromatic rings. The highest BCUT2D eigenvalue weighted by Gasteiger charge is 2.34. The fraction of sp³-hybridized carbons (Fsp3) is 0.375. The molecular formula is C32H39N3O5S. The van der Waals surface area contributed by atoms with Gasteiger partial charge in [-0.3, -0.25) is 13.9 Å². The number of amides is 2. The molecule has 3 aromatic carbocycles. The van der Waals surface area contributed by atoms with Gasteiger partial charge in [-0.15, -0.1) is 0 Å². The normalized spacial score (nSPS) is 14.3. The molecule has 41 heavy (non-hydrogen) atoms. The number of rotatable bonds is 12. The summed E-state index contributed by atoms with van der Waals surface area (Å²) in [6.45, 7) is 1.64. The predicted molar refractivity (Wildman–Crippen MR) is 161 cm³/mol. The largest absolute Gasteiger partial charge is 0.495 e. The molecule has 8 nitrogen and oxygen atoms in total. The van der Waals surface area contributed by atoms with E-state index in [1.807, 2.05) is 61.5 Å². The third-order valence-corrected chi connectivity index (χ3v) is 8.57. The molecule has 218 valence electrons. The van der Waals surface area contributed by atoms with Gasteiger partial charge in [0.25, 0.3) is 0 Å². The van der Waals surface area contributed by atoms with Crippen molar-refractivity contribution in [2.75, 3.05) is 24.2 Å². The number of nitrogens with one attached hydrogen (secondary N) is 1. The molecule has 0 unspecified atom stereocenters. The Hall–Kier alpha value is -3.85. The van der Waals surface area contributed by atoms with Crippen LogP contribution in [0.2, 0.25) is 0 Å². The molecule has 1 saturated carbocycles. The number of hydrogen-bond acceptors (Lipinski definition) is 5. The Labute approximate surface area is 243 Å². The third-order valence-electron chi connectivity index (χ3n) is 7.44. The molecule has 0 aliphatic heterocycles. The van der Waals surface area contributed by atoms with Gasteiger partial charge in [-0.05, 0) is 43.0 Å². The van der Waals surface area contributed by atoms with Gasteiger partial charge in [0, 0.05) is 19.0 Å². The Morgan fingerprint density at radius 2 is 1.61 bits per heavy atom. The first-order chi connectivity index (χ1) is 19.7. The topological polar surface area (TPSA) is 96.0 Å².